The maximum Gasteiger partial charge on any atom is 0.262 e. The Balaban J connectivity index is 1.66. The lowest BCUT2D eigenvalue weighted by atomic mass is 10.0. The zero-order valence-corrected chi connectivity index (χ0v) is 16.0. The van der Waals surface area contributed by atoms with Crippen molar-refractivity contribution in [3.05, 3.63) is 57.5 Å². The first-order valence-electron chi connectivity index (χ1n) is 9.35. The molecule has 0 radical (unpaired) electrons. The van der Waals surface area contributed by atoms with Crippen LogP contribution < -0.4 is 21.7 Å². The monoisotopic (exact) mass is 396 g/mol. The molecule has 0 saturated carbocycles. The molecule has 0 spiro atoms. The van der Waals surface area contributed by atoms with E-state index in [-0.39, 0.29) is 11.5 Å². The van der Waals surface area contributed by atoms with Crippen LogP contribution in [0.2, 0.25) is 0 Å². The first kappa shape index (κ1) is 20.1. The van der Waals surface area contributed by atoms with Crippen molar-refractivity contribution in [3.8, 4) is 0 Å². The number of benzene rings is 1. The minimum absolute atomic E-state index is 0.0598. The molecule has 0 aliphatic heterocycles. The fourth-order valence-electron chi connectivity index (χ4n) is 3.20. The third-order valence-electron chi connectivity index (χ3n) is 4.71. The molecule has 0 aliphatic carbocycles. The number of nitrogens with two attached hydrogens (primary N) is 1. The van der Waals surface area contributed by atoms with Crippen molar-refractivity contribution >= 4 is 28.9 Å². The van der Waals surface area contributed by atoms with Crippen molar-refractivity contribution in [1.82, 2.24) is 20.3 Å². The number of hydrogen-bond donors (Lipinski definition) is 4. The Morgan fingerprint density at radius 1 is 1.24 bits per heavy atom. The molecule has 29 heavy (non-hydrogen) atoms. The number of H-pyrrole nitrogens is 2. The summed E-state index contributed by atoms with van der Waals surface area (Å²) in [5.74, 6) is -1.68. The van der Waals surface area contributed by atoms with Crippen molar-refractivity contribution in [2.24, 2.45) is 0 Å². The zero-order chi connectivity index (χ0) is 21.0. The molecule has 1 amide bonds. The lowest BCUT2D eigenvalue weighted by molar-refractivity contribution is -0.308. The molecule has 0 aliphatic rings. The van der Waals surface area contributed by atoms with Gasteiger partial charge in [-0.2, -0.15) is 4.98 Å². The highest BCUT2D eigenvalue weighted by Crippen LogP contribution is 2.16. The SMILES string of the molecule is CCC[C@H](NC(=O)c1ccc(CCc2c[nH]c3nc(N)[nH]c(=O)c23)cc1)C(=O)[O-]. The van der Waals surface area contributed by atoms with Crippen molar-refractivity contribution in [1.29, 1.82) is 0 Å². The number of carboxylic acids is 1. The molecular weight excluding hydrogens is 374 g/mol. The Bertz CT molecular complexity index is 1080. The highest BCUT2D eigenvalue weighted by molar-refractivity contribution is 5.96. The van der Waals surface area contributed by atoms with E-state index in [4.69, 9.17) is 5.73 Å². The maximum absolute atomic E-state index is 12.2. The predicted octanol–water partition coefficient (Wildman–Crippen LogP) is 0.267. The Morgan fingerprint density at radius 3 is 2.62 bits per heavy atom. The molecule has 0 saturated heterocycles. The van der Waals surface area contributed by atoms with Gasteiger partial charge in [-0.1, -0.05) is 25.5 Å². The Morgan fingerprint density at radius 2 is 1.97 bits per heavy atom. The molecule has 0 bridgehead atoms. The number of nitrogens with zero attached hydrogens (tertiary/aromatic N) is 1. The first-order chi connectivity index (χ1) is 13.9. The Kier molecular flexibility index (Phi) is 5.96. The number of aryl methyl sites for hydroxylation is 2. The fourth-order valence-corrected chi connectivity index (χ4v) is 3.20. The molecule has 0 unspecified atom stereocenters. The van der Waals surface area contributed by atoms with E-state index in [1.54, 1.807) is 30.5 Å². The molecule has 3 aromatic rings. The van der Waals surface area contributed by atoms with E-state index in [0.717, 1.165) is 11.1 Å². The molecule has 2 heterocycles. The van der Waals surface area contributed by atoms with Crippen LogP contribution in [-0.2, 0) is 17.6 Å². The van der Waals surface area contributed by atoms with Gasteiger partial charge < -0.3 is 25.9 Å². The number of aliphatic carboxylic acids is 1. The van der Waals surface area contributed by atoms with Crippen LogP contribution in [0.3, 0.4) is 0 Å². The van der Waals surface area contributed by atoms with Gasteiger partial charge in [0.25, 0.3) is 11.5 Å². The van der Waals surface area contributed by atoms with Crippen LogP contribution in [0.5, 0.6) is 0 Å². The van der Waals surface area contributed by atoms with Gasteiger partial charge in [0.05, 0.1) is 17.4 Å². The zero-order valence-electron chi connectivity index (χ0n) is 16.0. The lowest BCUT2D eigenvalue weighted by Crippen LogP contribution is -2.47. The van der Waals surface area contributed by atoms with E-state index in [2.05, 4.69) is 20.3 Å². The molecule has 0 fully saturated rings. The third-order valence-corrected chi connectivity index (χ3v) is 4.71. The van der Waals surface area contributed by atoms with Crippen molar-refractivity contribution in [2.45, 2.75) is 38.6 Å². The van der Waals surface area contributed by atoms with E-state index in [1.807, 2.05) is 6.92 Å². The van der Waals surface area contributed by atoms with Gasteiger partial charge in [-0.3, -0.25) is 14.6 Å². The molecule has 9 heteroatoms. The van der Waals surface area contributed by atoms with E-state index in [0.29, 0.717) is 42.3 Å². The maximum atomic E-state index is 12.2. The molecule has 5 N–H and O–H groups in total. The summed E-state index contributed by atoms with van der Waals surface area (Å²) in [5.41, 5.74) is 7.88. The van der Waals surface area contributed by atoms with E-state index in [1.165, 1.54) is 0 Å². The summed E-state index contributed by atoms with van der Waals surface area (Å²) in [7, 11) is 0. The van der Waals surface area contributed by atoms with Gasteiger partial charge >= 0.3 is 0 Å². The van der Waals surface area contributed by atoms with Crippen LogP contribution in [0.1, 0.15) is 41.3 Å². The van der Waals surface area contributed by atoms with E-state index < -0.39 is 17.9 Å². The van der Waals surface area contributed by atoms with E-state index >= 15 is 0 Å². The number of anilines is 1. The molecule has 152 valence electrons. The second kappa shape index (κ2) is 8.59. The Hall–Kier alpha value is -3.62. The molecule has 1 atom stereocenters. The van der Waals surface area contributed by atoms with Crippen molar-refractivity contribution in [3.63, 3.8) is 0 Å². The number of rotatable bonds is 8. The minimum Gasteiger partial charge on any atom is -0.548 e. The number of amides is 1. The number of carbonyl (C=O) groups is 2. The van der Waals surface area contributed by atoms with Gasteiger partial charge in [-0.05, 0) is 42.5 Å². The number of aromatic nitrogens is 3. The van der Waals surface area contributed by atoms with Crippen LogP contribution in [0.4, 0.5) is 5.95 Å². The second-order valence-corrected chi connectivity index (χ2v) is 6.82. The fraction of sp³-hybridized carbons (Fsp3) is 0.300. The average molecular weight is 396 g/mol. The quantitative estimate of drug-likeness (QED) is 0.428. The van der Waals surface area contributed by atoms with Gasteiger partial charge in [-0.25, -0.2) is 0 Å². The van der Waals surface area contributed by atoms with Crippen LogP contribution in [-0.4, -0.2) is 32.9 Å². The molecule has 9 nitrogen and oxygen atoms in total. The summed E-state index contributed by atoms with van der Waals surface area (Å²) < 4.78 is 0. The summed E-state index contributed by atoms with van der Waals surface area (Å²) in [6.07, 6.45) is 3.93. The molecular formula is C20H22N5O4-. The number of carboxylic acid groups (broad SMARTS) is 1. The lowest BCUT2D eigenvalue weighted by Gasteiger charge is -2.19. The summed E-state index contributed by atoms with van der Waals surface area (Å²) >= 11 is 0. The summed E-state index contributed by atoms with van der Waals surface area (Å²) in [5, 5.41) is 14.0. The predicted molar refractivity (Wildman–Crippen MR) is 106 cm³/mol. The number of carbonyl (C=O) groups excluding carboxylic acids is 2. The highest BCUT2D eigenvalue weighted by atomic mass is 16.4. The van der Waals surface area contributed by atoms with Gasteiger partial charge in [0.1, 0.15) is 5.65 Å². The largest absolute Gasteiger partial charge is 0.548 e. The Labute approximate surface area is 166 Å². The third kappa shape index (κ3) is 4.63. The van der Waals surface area contributed by atoms with Crippen molar-refractivity contribution < 1.29 is 14.7 Å². The van der Waals surface area contributed by atoms with E-state index in [9.17, 15) is 19.5 Å². The molecule has 1 aromatic carbocycles. The van der Waals surface area contributed by atoms with Gasteiger partial charge in [0.2, 0.25) is 5.95 Å². The number of nitrogens with one attached hydrogen (secondary N) is 3. The first-order valence-corrected chi connectivity index (χ1v) is 9.35. The second-order valence-electron chi connectivity index (χ2n) is 6.82. The number of fused-ring (bicyclic) bond motifs is 1. The number of hydrogen-bond acceptors (Lipinski definition) is 6. The van der Waals surface area contributed by atoms with Crippen LogP contribution in [0.15, 0.2) is 35.3 Å². The van der Waals surface area contributed by atoms with Gasteiger partial charge in [0, 0.05) is 11.8 Å². The van der Waals surface area contributed by atoms with Crippen LogP contribution in [0.25, 0.3) is 11.0 Å². The number of aromatic amines is 2. The smallest absolute Gasteiger partial charge is 0.262 e. The molecule has 2 aromatic heterocycles. The summed E-state index contributed by atoms with van der Waals surface area (Å²) in [6, 6.07) is 5.89. The van der Waals surface area contributed by atoms with Crippen molar-refractivity contribution in [2.75, 3.05) is 5.73 Å². The summed E-state index contributed by atoms with van der Waals surface area (Å²) in [4.78, 5) is 44.9. The minimum atomic E-state index is -1.29. The average Bonchev–Trinajstić information content (AvgIpc) is 3.09. The van der Waals surface area contributed by atoms with Crippen LogP contribution >= 0.6 is 0 Å². The standard InChI is InChI=1S/C20H23N5O4/c1-2-3-14(19(28)29)23-17(26)12-7-4-11(5-8-12)6-9-13-10-22-16-15(13)18(27)25-20(21)24-16/h4-5,7-8,10,14H,2-3,6,9H2,1H3,(H,23,26)(H,28,29)(H4,21,22,24,25,27)/p-1/t14-/m0/s1. The summed E-state index contributed by atoms with van der Waals surface area (Å²) in [6.45, 7) is 1.84. The van der Waals surface area contributed by atoms with Gasteiger partial charge in [-0.15, -0.1) is 0 Å². The number of nitrogen functional groups attached to an aromatic ring is 1. The molecule has 3 rings (SSSR count). The van der Waals surface area contributed by atoms with Gasteiger partial charge in [0.15, 0.2) is 0 Å². The van der Waals surface area contributed by atoms with Crippen LogP contribution in [0, 0.1) is 0 Å². The topological polar surface area (TPSA) is 157 Å². The normalized spacial score (nSPS) is 12.0. The highest BCUT2D eigenvalue weighted by Gasteiger charge is 2.14.